The van der Waals surface area contributed by atoms with Gasteiger partial charge < -0.3 is 0 Å². The molecule has 2 heterocycles. The number of hydrogen-bond donors (Lipinski definition) is 0. The normalized spacial score (nSPS) is 11.4. The van der Waals surface area contributed by atoms with E-state index in [-0.39, 0.29) is 16.4 Å². The van der Waals surface area contributed by atoms with Crippen LogP contribution in [0.25, 0.3) is 27.3 Å². The Hall–Kier alpha value is -3.94. The van der Waals surface area contributed by atoms with Crippen molar-refractivity contribution < 1.29 is 14.4 Å². The average molecular weight is 403 g/mol. The summed E-state index contributed by atoms with van der Waals surface area (Å²) in [7, 11) is 0. The summed E-state index contributed by atoms with van der Waals surface area (Å²) in [6, 6.07) is 13.2. The van der Waals surface area contributed by atoms with Crippen LogP contribution >= 0.6 is 0 Å². The molecule has 150 valence electrons. The second-order valence-electron chi connectivity index (χ2n) is 7.10. The van der Waals surface area contributed by atoms with E-state index in [9.17, 15) is 24.0 Å². The highest BCUT2D eigenvalue weighted by molar-refractivity contribution is 6.04. The summed E-state index contributed by atoms with van der Waals surface area (Å²) in [5, 5.41) is 0.861. The minimum absolute atomic E-state index is 0.143. The smallest absolute Gasteiger partial charge is 0.281 e. The molecule has 0 aliphatic heterocycles. The number of ketones is 2. The molecule has 0 aliphatic rings. The zero-order valence-electron chi connectivity index (χ0n) is 16.3. The van der Waals surface area contributed by atoms with Crippen molar-refractivity contribution in [3.63, 3.8) is 0 Å². The molecule has 8 heteroatoms. The van der Waals surface area contributed by atoms with Gasteiger partial charge in [-0.2, -0.15) is 9.20 Å². The van der Waals surface area contributed by atoms with Gasteiger partial charge in [0.2, 0.25) is 5.91 Å². The molecule has 0 N–H and O–H groups in total. The summed E-state index contributed by atoms with van der Waals surface area (Å²) in [6.07, 6.45) is -0.517. The van der Waals surface area contributed by atoms with Crippen molar-refractivity contribution in [3.05, 3.63) is 69.2 Å². The third kappa shape index (κ3) is 2.93. The Balaban J connectivity index is 2.13. The Bertz CT molecular complexity index is 1480. The van der Waals surface area contributed by atoms with Gasteiger partial charge in [0.1, 0.15) is 11.6 Å². The topological polar surface area (TPSA) is 108 Å². The fourth-order valence-electron chi connectivity index (χ4n) is 3.61. The maximum atomic E-state index is 13.2. The largest absolute Gasteiger partial charge is 0.299 e. The quantitative estimate of drug-likeness (QED) is 0.293. The lowest BCUT2D eigenvalue weighted by Gasteiger charge is -2.15. The van der Waals surface area contributed by atoms with Gasteiger partial charge in [-0.05, 0) is 32.0 Å². The third-order valence-corrected chi connectivity index (χ3v) is 5.14. The number of rotatable bonds is 4. The number of aromatic nitrogens is 3. The van der Waals surface area contributed by atoms with E-state index in [0.29, 0.717) is 15.6 Å². The minimum Gasteiger partial charge on any atom is -0.299 e. The van der Waals surface area contributed by atoms with Crippen molar-refractivity contribution in [2.24, 2.45) is 5.92 Å². The summed E-state index contributed by atoms with van der Waals surface area (Å²) in [4.78, 5) is 67.7. The molecule has 0 amide bonds. The van der Waals surface area contributed by atoms with Crippen LogP contribution in [0.4, 0.5) is 0 Å². The van der Waals surface area contributed by atoms with Crippen molar-refractivity contribution in [1.82, 2.24) is 14.2 Å². The van der Waals surface area contributed by atoms with E-state index < -0.39 is 40.9 Å². The Morgan fingerprint density at radius 2 is 1.40 bits per heavy atom. The van der Waals surface area contributed by atoms with Gasteiger partial charge in [-0.3, -0.25) is 24.0 Å². The predicted octanol–water partition coefficient (Wildman–Crippen LogP) is 1.99. The molecular weight excluding hydrogens is 386 g/mol. The van der Waals surface area contributed by atoms with Crippen LogP contribution in [0.1, 0.15) is 25.1 Å². The summed E-state index contributed by atoms with van der Waals surface area (Å²) < 4.78 is 1.63. The standard InChI is InChI=1S/C22H17N3O5/c1-12(26)17(13(2)27)11-19(28)24-21(29)15-8-4-3-7-14(15)20-23-18-10-6-5-9-16(18)22(30)25(20)24/h3-10,17H,11H2,1-2H3. The number of hydrogen-bond acceptors (Lipinski definition) is 6. The number of para-hydroxylation sites is 1. The lowest BCUT2D eigenvalue weighted by atomic mass is 9.96. The molecule has 0 fully saturated rings. The molecule has 0 unspecified atom stereocenters. The van der Waals surface area contributed by atoms with E-state index in [2.05, 4.69) is 4.98 Å². The van der Waals surface area contributed by atoms with Crippen molar-refractivity contribution in [1.29, 1.82) is 0 Å². The molecule has 2 aromatic carbocycles. The number of nitrogens with zero attached hydrogens (tertiary/aromatic N) is 3. The van der Waals surface area contributed by atoms with Crippen LogP contribution < -0.4 is 11.1 Å². The lowest BCUT2D eigenvalue weighted by Crippen LogP contribution is -2.40. The number of benzene rings is 2. The average Bonchev–Trinajstić information content (AvgIpc) is 2.72. The van der Waals surface area contributed by atoms with Gasteiger partial charge in [-0.25, -0.2) is 4.98 Å². The Morgan fingerprint density at radius 1 is 0.833 bits per heavy atom. The van der Waals surface area contributed by atoms with Gasteiger partial charge in [0.15, 0.2) is 5.65 Å². The second-order valence-corrected chi connectivity index (χ2v) is 7.10. The number of carbonyl (C=O) groups excluding carboxylic acids is 3. The van der Waals surface area contributed by atoms with Crippen LogP contribution in [0.5, 0.6) is 0 Å². The first kappa shape index (κ1) is 19.4. The van der Waals surface area contributed by atoms with Crippen LogP contribution in [0.2, 0.25) is 0 Å². The Morgan fingerprint density at radius 3 is 2.03 bits per heavy atom. The van der Waals surface area contributed by atoms with Gasteiger partial charge in [-0.1, -0.05) is 30.3 Å². The molecule has 0 bridgehead atoms. The Labute approximate surface area is 169 Å². The zero-order valence-corrected chi connectivity index (χ0v) is 16.3. The number of carbonyl (C=O) groups is 3. The fourth-order valence-corrected chi connectivity index (χ4v) is 3.61. The van der Waals surface area contributed by atoms with Gasteiger partial charge in [-0.15, -0.1) is 0 Å². The van der Waals surface area contributed by atoms with Crippen molar-refractivity contribution >= 4 is 44.8 Å². The molecule has 4 rings (SSSR count). The van der Waals surface area contributed by atoms with E-state index in [4.69, 9.17) is 0 Å². The summed E-state index contributed by atoms with van der Waals surface area (Å²) in [5.74, 6) is -2.98. The monoisotopic (exact) mass is 403 g/mol. The highest BCUT2D eigenvalue weighted by Gasteiger charge is 2.27. The van der Waals surface area contributed by atoms with E-state index in [0.717, 1.165) is 4.52 Å². The molecule has 0 saturated heterocycles. The predicted molar refractivity (Wildman–Crippen MR) is 111 cm³/mol. The van der Waals surface area contributed by atoms with E-state index in [1.165, 1.54) is 19.9 Å². The van der Waals surface area contributed by atoms with Crippen LogP contribution in [0.15, 0.2) is 58.1 Å². The molecular formula is C22H17N3O5. The van der Waals surface area contributed by atoms with Crippen LogP contribution in [0, 0.1) is 5.92 Å². The van der Waals surface area contributed by atoms with E-state index in [1.807, 2.05) is 0 Å². The zero-order chi connectivity index (χ0) is 21.6. The highest BCUT2D eigenvalue weighted by Crippen LogP contribution is 2.18. The third-order valence-electron chi connectivity index (χ3n) is 5.14. The number of fused-ring (bicyclic) bond motifs is 4. The first-order chi connectivity index (χ1) is 14.3. The van der Waals surface area contributed by atoms with Gasteiger partial charge >= 0.3 is 0 Å². The maximum Gasteiger partial charge on any atom is 0.281 e. The lowest BCUT2D eigenvalue weighted by molar-refractivity contribution is -0.130. The number of Topliss-reactive ketones (excluding diaryl/α,β-unsaturated/α-hetero) is 2. The first-order valence-corrected chi connectivity index (χ1v) is 9.31. The van der Waals surface area contributed by atoms with E-state index in [1.54, 1.807) is 42.5 Å². The van der Waals surface area contributed by atoms with Crippen LogP contribution in [0.3, 0.4) is 0 Å². The minimum atomic E-state index is -1.19. The van der Waals surface area contributed by atoms with Crippen LogP contribution in [-0.2, 0) is 9.59 Å². The molecule has 0 radical (unpaired) electrons. The molecule has 4 aromatic rings. The SMILES string of the molecule is CC(=O)C(CC(=O)n1c(=O)c2ccccc2c2nc3ccccc3c(=O)n21)C(C)=O. The molecule has 0 saturated carbocycles. The van der Waals surface area contributed by atoms with Crippen molar-refractivity contribution in [3.8, 4) is 0 Å². The summed E-state index contributed by atoms with van der Waals surface area (Å²) in [6.45, 7) is 2.42. The molecule has 30 heavy (non-hydrogen) atoms. The molecule has 0 aliphatic carbocycles. The molecule has 0 atom stereocenters. The van der Waals surface area contributed by atoms with Crippen molar-refractivity contribution in [2.75, 3.05) is 0 Å². The molecule has 8 nitrogen and oxygen atoms in total. The highest BCUT2D eigenvalue weighted by atomic mass is 16.2. The molecule has 2 aromatic heterocycles. The maximum absolute atomic E-state index is 13.2. The van der Waals surface area contributed by atoms with E-state index >= 15 is 0 Å². The first-order valence-electron chi connectivity index (χ1n) is 9.31. The fraction of sp³-hybridized carbons (Fsp3) is 0.182. The second kappa shape index (κ2) is 7.14. The summed E-state index contributed by atoms with van der Waals surface area (Å²) >= 11 is 0. The summed E-state index contributed by atoms with van der Waals surface area (Å²) in [5.41, 5.74) is -0.734. The van der Waals surface area contributed by atoms with Crippen molar-refractivity contribution in [2.45, 2.75) is 20.3 Å². The van der Waals surface area contributed by atoms with Gasteiger partial charge in [0.25, 0.3) is 11.1 Å². The van der Waals surface area contributed by atoms with Crippen LogP contribution in [-0.4, -0.2) is 31.7 Å². The van der Waals surface area contributed by atoms with Gasteiger partial charge in [0, 0.05) is 11.8 Å². The molecule has 0 spiro atoms. The van der Waals surface area contributed by atoms with Gasteiger partial charge in [0.05, 0.1) is 22.2 Å². The Kier molecular flexibility index (Phi) is 4.62.